The Balaban J connectivity index is 2.27. The van der Waals surface area contributed by atoms with Crippen molar-refractivity contribution < 1.29 is 9.53 Å². The molecule has 4 nitrogen and oxygen atoms in total. The van der Waals surface area contributed by atoms with E-state index in [-0.39, 0.29) is 5.91 Å². The largest absolute Gasteiger partial charge is 0.495 e. The predicted octanol–water partition coefficient (Wildman–Crippen LogP) is 2.84. The molecule has 19 heavy (non-hydrogen) atoms. The number of aryl methyl sites for hydroxylation is 1. The fourth-order valence-electron chi connectivity index (χ4n) is 1.80. The van der Waals surface area contributed by atoms with E-state index in [1.165, 1.54) is 0 Å². The molecule has 98 valence electrons. The highest BCUT2D eigenvalue weighted by molar-refractivity contribution is 6.08. The second-order valence-corrected chi connectivity index (χ2v) is 4.25. The Morgan fingerprint density at radius 1 is 1.21 bits per heavy atom. The number of amides is 1. The van der Waals surface area contributed by atoms with Crippen LogP contribution in [0.25, 0.3) is 0 Å². The van der Waals surface area contributed by atoms with Gasteiger partial charge in [-0.3, -0.25) is 4.79 Å². The molecule has 1 amide bonds. The van der Waals surface area contributed by atoms with Gasteiger partial charge in [0.1, 0.15) is 5.75 Å². The van der Waals surface area contributed by atoms with Crippen LogP contribution in [0.15, 0.2) is 42.5 Å². The van der Waals surface area contributed by atoms with Gasteiger partial charge < -0.3 is 15.8 Å². The van der Waals surface area contributed by atoms with Crippen LogP contribution < -0.4 is 15.8 Å². The molecule has 0 heterocycles. The lowest BCUT2D eigenvalue weighted by Crippen LogP contribution is -2.14. The number of hydrogen-bond donors (Lipinski definition) is 2. The molecular weight excluding hydrogens is 240 g/mol. The van der Waals surface area contributed by atoms with Gasteiger partial charge in [0, 0.05) is 5.69 Å². The number of ether oxygens (including phenoxy) is 1. The summed E-state index contributed by atoms with van der Waals surface area (Å²) in [6.45, 7) is 1.96. The van der Waals surface area contributed by atoms with Crippen molar-refractivity contribution in [2.75, 3.05) is 18.2 Å². The van der Waals surface area contributed by atoms with E-state index in [0.29, 0.717) is 22.7 Å². The van der Waals surface area contributed by atoms with Crippen molar-refractivity contribution in [3.8, 4) is 5.75 Å². The number of nitrogens with two attached hydrogens (primary N) is 1. The molecule has 0 radical (unpaired) electrons. The first kappa shape index (κ1) is 13.0. The molecule has 0 fully saturated rings. The number of carbonyl (C=O) groups excluding carboxylic acids is 1. The smallest absolute Gasteiger partial charge is 0.257 e. The molecule has 2 rings (SSSR count). The van der Waals surface area contributed by atoms with Crippen molar-refractivity contribution in [1.29, 1.82) is 0 Å². The number of nitrogen functional groups attached to an aromatic ring is 1. The Kier molecular flexibility index (Phi) is 3.71. The molecule has 0 aliphatic carbocycles. The van der Waals surface area contributed by atoms with E-state index in [2.05, 4.69) is 5.32 Å². The number of methoxy groups -OCH3 is 1. The van der Waals surface area contributed by atoms with Crippen LogP contribution in [0, 0.1) is 6.92 Å². The first-order valence-corrected chi connectivity index (χ1v) is 5.92. The van der Waals surface area contributed by atoms with Gasteiger partial charge in [0.15, 0.2) is 0 Å². The summed E-state index contributed by atoms with van der Waals surface area (Å²) >= 11 is 0. The van der Waals surface area contributed by atoms with Gasteiger partial charge in [0.05, 0.1) is 18.4 Å². The van der Waals surface area contributed by atoms with E-state index >= 15 is 0 Å². The van der Waals surface area contributed by atoms with Crippen molar-refractivity contribution in [3.63, 3.8) is 0 Å². The highest BCUT2D eigenvalue weighted by Crippen LogP contribution is 2.26. The third-order valence-electron chi connectivity index (χ3n) is 2.81. The first-order valence-electron chi connectivity index (χ1n) is 5.92. The van der Waals surface area contributed by atoms with Gasteiger partial charge in [-0.2, -0.15) is 0 Å². The minimum atomic E-state index is -0.250. The molecule has 0 aliphatic rings. The van der Waals surface area contributed by atoms with Gasteiger partial charge in [-0.05, 0) is 36.8 Å². The zero-order valence-electron chi connectivity index (χ0n) is 10.9. The fourth-order valence-corrected chi connectivity index (χ4v) is 1.80. The van der Waals surface area contributed by atoms with Gasteiger partial charge in [-0.1, -0.05) is 18.2 Å². The molecule has 2 aromatic carbocycles. The number of para-hydroxylation sites is 1. The van der Waals surface area contributed by atoms with E-state index in [0.717, 1.165) is 5.56 Å². The highest BCUT2D eigenvalue weighted by atomic mass is 16.5. The first-order chi connectivity index (χ1) is 9.11. The minimum Gasteiger partial charge on any atom is -0.495 e. The van der Waals surface area contributed by atoms with Gasteiger partial charge in [-0.15, -0.1) is 0 Å². The lowest BCUT2D eigenvalue weighted by Gasteiger charge is -2.11. The summed E-state index contributed by atoms with van der Waals surface area (Å²) in [5, 5.41) is 2.80. The monoisotopic (exact) mass is 256 g/mol. The van der Waals surface area contributed by atoms with Crippen molar-refractivity contribution >= 4 is 17.3 Å². The maximum Gasteiger partial charge on any atom is 0.257 e. The summed E-state index contributed by atoms with van der Waals surface area (Å²) in [6, 6.07) is 12.5. The quantitative estimate of drug-likeness (QED) is 0.830. The van der Waals surface area contributed by atoms with Crippen LogP contribution in [-0.4, -0.2) is 13.0 Å². The molecule has 3 N–H and O–H groups in total. The van der Waals surface area contributed by atoms with E-state index in [1.54, 1.807) is 31.4 Å². The zero-order valence-corrected chi connectivity index (χ0v) is 10.9. The van der Waals surface area contributed by atoms with Crippen molar-refractivity contribution in [2.45, 2.75) is 6.92 Å². The molecule has 0 unspecified atom stereocenters. The SMILES string of the molecule is COc1cc(C)ccc1NC(=O)c1ccccc1N. The van der Waals surface area contributed by atoms with Crippen LogP contribution in [0.2, 0.25) is 0 Å². The molecular formula is C15H16N2O2. The van der Waals surface area contributed by atoms with Crippen molar-refractivity contribution in [2.24, 2.45) is 0 Å². The standard InChI is InChI=1S/C15H16N2O2/c1-10-7-8-13(14(9-10)19-2)17-15(18)11-5-3-4-6-12(11)16/h3-9H,16H2,1-2H3,(H,17,18). The van der Waals surface area contributed by atoms with Crippen molar-refractivity contribution in [1.82, 2.24) is 0 Å². The third-order valence-corrected chi connectivity index (χ3v) is 2.81. The second kappa shape index (κ2) is 5.44. The minimum absolute atomic E-state index is 0.250. The number of nitrogens with one attached hydrogen (secondary N) is 1. The lowest BCUT2D eigenvalue weighted by molar-refractivity contribution is 0.102. The average molecular weight is 256 g/mol. The molecule has 0 saturated carbocycles. The van der Waals surface area contributed by atoms with Crippen LogP contribution in [0.3, 0.4) is 0 Å². The highest BCUT2D eigenvalue weighted by Gasteiger charge is 2.11. The molecule has 0 aromatic heterocycles. The number of benzene rings is 2. The van der Waals surface area contributed by atoms with Crippen LogP contribution in [0.5, 0.6) is 5.75 Å². The Hall–Kier alpha value is -2.49. The summed E-state index contributed by atoms with van der Waals surface area (Å²) in [5.41, 5.74) is 8.37. The van der Waals surface area contributed by atoms with Gasteiger partial charge in [0.25, 0.3) is 5.91 Å². The summed E-state index contributed by atoms with van der Waals surface area (Å²) in [5.74, 6) is 0.378. The van der Waals surface area contributed by atoms with E-state index in [1.807, 2.05) is 25.1 Å². The van der Waals surface area contributed by atoms with Crippen LogP contribution in [-0.2, 0) is 0 Å². The maximum atomic E-state index is 12.1. The second-order valence-electron chi connectivity index (χ2n) is 4.25. The van der Waals surface area contributed by atoms with Crippen LogP contribution in [0.1, 0.15) is 15.9 Å². The van der Waals surface area contributed by atoms with Crippen molar-refractivity contribution in [3.05, 3.63) is 53.6 Å². The maximum absolute atomic E-state index is 12.1. The molecule has 0 spiro atoms. The average Bonchev–Trinajstić information content (AvgIpc) is 2.41. The van der Waals surface area contributed by atoms with E-state index < -0.39 is 0 Å². The summed E-state index contributed by atoms with van der Waals surface area (Å²) in [4.78, 5) is 12.1. The molecule has 4 heteroatoms. The summed E-state index contributed by atoms with van der Waals surface area (Å²) < 4.78 is 5.25. The topological polar surface area (TPSA) is 64.3 Å². The predicted molar refractivity (Wildman–Crippen MR) is 76.5 cm³/mol. The fraction of sp³-hybridized carbons (Fsp3) is 0.133. The molecule has 0 atom stereocenters. The van der Waals surface area contributed by atoms with E-state index in [9.17, 15) is 4.79 Å². The zero-order chi connectivity index (χ0) is 13.8. The number of carbonyl (C=O) groups is 1. The Morgan fingerprint density at radius 2 is 1.95 bits per heavy atom. The van der Waals surface area contributed by atoms with E-state index in [4.69, 9.17) is 10.5 Å². The summed E-state index contributed by atoms with van der Waals surface area (Å²) in [6.07, 6.45) is 0. The van der Waals surface area contributed by atoms with Gasteiger partial charge in [0.2, 0.25) is 0 Å². The Bertz CT molecular complexity index is 609. The number of anilines is 2. The number of rotatable bonds is 3. The molecule has 0 bridgehead atoms. The normalized spacial score (nSPS) is 10.0. The Morgan fingerprint density at radius 3 is 2.63 bits per heavy atom. The van der Waals surface area contributed by atoms with Gasteiger partial charge in [-0.25, -0.2) is 0 Å². The third kappa shape index (κ3) is 2.85. The lowest BCUT2D eigenvalue weighted by atomic mass is 10.1. The van der Waals surface area contributed by atoms with Gasteiger partial charge >= 0.3 is 0 Å². The number of hydrogen-bond acceptors (Lipinski definition) is 3. The Labute approximate surface area is 112 Å². The molecule has 0 aliphatic heterocycles. The van der Waals surface area contributed by atoms with Crippen LogP contribution in [0.4, 0.5) is 11.4 Å². The summed E-state index contributed by atoms with van der Waals surface area (Å²) in [7, 11) is 1.57. The molecule has 0 saturated heterocycles. The molecule has 2 aromatic rings. The van der Waals surface area contributed by atoms with Crippen LogP contribution >= 0.6 is 0 Å².